The van der Waals surface area contributed by atoms with Gasteiger partial charge >= 0.3 is 12.2 Å². The number of terminal acetylenes is 1. The zero-order valence-corrected chi connectivity index (χ0v) is 54.1. The van der Waals surface area contributed by atoms with Crippen molar-refractivity contribution in [1.29, 1.82) is 0 Å². The fourth-order valence-corrected chi connectivity index (χ4v) is 12.3. The first-order valence-electron chi connectivity index (χ1n) is 31.8. The second-order valence-corrected chi connectivity index (χ2v) is 24.6. The summed E-state index contributed by atoms with van der Waals surface area (Å²) in [5, 5.41) is 85.7. The molecule has 28 heteroatoms. The highest BCUT2D eigenvalue weighted by molar-refractivity contribution is 6.08. The maximum absolute atomic E-state index is 14.5. The van der Waals surface area contributed by atoms with E-state index in [2.05, 4.69) is 5.92 Å². The van der Waals surface area contributed by atoms with Gasteiger partial charge in [-0.3, -0.25) is 19.2 Å². The maximum Gasteiger partial charge on any atom is 0.416 e. The molecular weight excluding hydrogens is 1270 g/mol. The Bertz CT molecular complexity index is 3720. The van der Waals surface area contributed by atoms with Crippen molar-refractivity contribution in [1.82, 2.24) is 9.80 Å². The number of aliphatic hydroxyl groups is 8. The fraction of sp³-hybridized carbons (Fsp3) is 0.478. The van der Waals surface area contributed by atoms with E-state index in [0.29, 0.717) is 48.1 Å². The number of methoxy groups -OCH3 is 2. The van der Waals surface area contributed by atoms with Gasteiger partial charge in [-0.2, -0.15) is 0 Å². The van der Waals surface area contributed by atoms with Crippen molar-refractivity contribution in [3.05, 3.63) is 123 Å². The van der Waals surface area contributed by atoms with E-state index < -0.39 is 117 Å². The van der Waals surface area contributed by atoms with Crippen molar-refractivity contribution in [2.75, 3.05) is 57.1 Å². The normalized spacial score (nSPS) is 25.1. The molecule has 0 saturated carbocycles. The van der Waals surface area contributed by atoms with Crippen LogP contribution < -0.4 is 33.5 Å². The number of unbranched alkanes of at least 4 members (excludes halogenated alkanes) is 2. The monoisotopic (exact) mass is 1350 g/mol. The molecule has 0 aromatic heterocycles. The number of nitrogens with zero attached hydrogens (tertiary/aromatic N) is 4. The number of amides is 4. The number of benzene rings is 4. The number of hydrogen-bond acceptors (Lipinski definition) is 24. The van der Waals surface area contributed by atoms with Gasteiger partial charge in [0.2, 0.25) is 12.6 Å². The maximum atomic E-state index is 14.5. The van der Waals surface area contributed by atoms with E-state index in [1.807, 2.05) is 0 Å². The molecule has 2 saturated heterocycles. The summed E-state index contributed by atoms with van der Waals surface area (Å²) in [5.74, 6) is 1.11. The van der Waals surface area contributed by atoms with Crippen LogP contribution in [0.5, 0.6) is 28.7 Å². The van der Waals surface area contributed by atoms with Gasteiger partial charge in [-0.25, -0.2) is 19.4 Å². The number of aryl methyl sites for hydroxylation is 1. The number of aliphatic hydroxyl groups excluding tert-OH is 8. The van der Waals surface area contributed by atoms with Gasteiger partial charge in [0.05, 0.1) is 79.2 Å². The Kier molecular flexibility index (Phi) is 22.9. The molecule has 4 aromatic carbocycles. The minimum atomic E-state index is -1.66. The molecule has 0 aliphatic carbocycles. The highest BCUT2D eigenvalue weighted by Crippen LogP contribution is 2.44. The number of rotatable bonds is 25. The average Bonchev–Trinajstić information content (AvgIpc) is 1.63. The largest absolute Gasteiger partial charge is 0.493 e. The van der Waals surface area contributed by atoms with Crippen LogP contribution >= 0.6 is 0 Å². The summed E-state index contributed by atoms with van der Waals surface area (Å²) in [6, 6.07) is 12.8. The van der Waals surface area contributed by atoms with Crippen LogP contribution in [0.4, 0.5) is 21.0 Å². The molecule has 4 aromatic rings. The Labute approximate surface area is 558 Å². The van der Waals surface area contributed by atoms with Crippen molar-refractivity contribution in [2.45, 2.75) is 166 Å². The van der Waals surface area contributed by atoms with E-state index in [1.54, 1.807) is 39.2 Å². The highest BCUT2D eigenvalue weighted by atomic mass is 16.7. The quantitative estimate of drug-likeness (QED) is 0.0254. The number of carbonyl (C=O) groups is 6. The van der Waals surface area contributed by atoms with Crippen LogP contribution in [0.25, 0.3) is 0 Å². The number of ketones is 2. The summed E-state index contributed by atoms with van der Waals surface area (Å²) in [4.78, 5) is 89.4. The Hall–Kier alpha value is -8.70. The molecule has 28 nitrogen and oxygen atoms in total. The zero-order valence-electron chi connectivity index (χ0n) is 54.1. The van der Waals surface area contributed by atoms with E-state index >= 15 is 0 Å². The second kappa shape index (κ2) is 31.2. The smallest absolute Gasteiger partial charge is 0.416 e. The van der Waals surface area contributed by atoms with Crippen LogP contribution in [0.1, 0.15) is 130 Å². The van der Waals surface area contributed by atoms with Crippen LogP contribution in [-0.2, 0) is 36.9 Å². The van der Waals surface area contributed by atoms with Crippen molar-refractivity contribution >= 4 is 46.9 Å². The molecule has 6 aliphatic heterocycles. The Balaban J connectivity index is 0.809. The minimum absolute atomic E-state index is 0.00120. The molecule has 6 heterocycles. The van der Waals surface area contributed by atoms with Crippen LogP contribution in [0.2, 0.25) is 0 Å². The van der Waals surface area contributed by atoms with Gasteiger partial charge in [-0.1, -0.05) is 23.3 Å². The molecule has 12 atom stereocenters. The molecule has 6 aliphatic rings. The predicted octanol–water partition coefficient (Wildman–Crippen LogP) is 4.66. The van der Waals surface area contributed by atoms with Gasteiger partial charge in [-0.05, 0) is 112 Å². The third-order valence-corrected chi connectivity index (χ3v) is 17.5. The number of carbonyl (C=O) groups excluding carboxylic acids is 6. The van der Waals surface area contributed by atoms with Crippen molar-refractivity contribution in [2.24, 2.45) is 0 Å². The van der Waals surface area contributed by atoms with Gasteiger partial charge in [0.25, 0.3) is 11.8 Å². The molecule has 97 heavy (non-hydrogen) atoms. The first kappa shape index (κ1) is 71.1. The molecular formula is C69H80N4O24. The van der Waals surface area contributed by atoms with E-state index in [4.69, 9.17) is 53.8 Å². The van der Waals surface area contributed by atoms with Crippen molar-refractivity contribution in [3.8, 4) is 41.1 Å². The molecule has 2 fully saturated rings. The lowest BCUT2D eigenvalue weighted by atomic mass is 10.0. The van der Waals surface area contributed by atoms with Gasteiger partial charge in [-0.15, -0.1) is 12.3 Å². The minimum Gasteiger partial charge on any atom is -0.493 e. The lowest BCUT2D eigenvalue weighted by Crippen LogP contribution is -2.54. The van der Waals surface area contributed by atoms with Gasteiger partial charge < -0.3 is 98.0 Å². The number of fused-ring (bicyclic) bond motifs is 4. The Morgan fingerprint density at radius 2 is 1.03 bits per heavy atom. The first-order chi connectivity index (χ1) is 46.5. The Morgan fingerprint density at radius 3 is 1.52 bits per heavy atom. The molecule has 8 N–H and O–H groups in total. The molecule has 10 rings (SSSR count). The number of hydrogen-bond donors (Lipinski definition) is 8. The Morgan fingerprint density at radius 1 is 0.557 bits per heavy atom. The summed E-state index contributed by atoms with van der Waals surface area (Å²) in [7, 11) is 2.88. The number of ether oxygens (including phenoxy) is 10. The van der Waals surface area contributed by atoms with Crippen LogP contribution in [0, 0.1) is 19.3 Å². The highest BCUT2D eigenvalue weighted by Gasteiger charge is 2.48. The SMILES string of the molecule is C#CCCC(=O)c1cc(COC(=O)N2c3cc(OCCCCCOc4cc5c(cc4OC)C(=O)N4C=C(C)C[C@H]4C(O)N5C(=O)OCc4ccc(O[C@@H]5OC[C@@H](O)[C@H](O)[C@H]5O)c(C(=O)CCCOC)c4)c(C)cc3C(=O)N3C=C(C)C[C@H]3C2O)ccc1O[C@@H]1OC[C@@H](O)[C@H](O)[C@H]1O. The summed E-state index contributed by atoms with van der Waals surface area (Å²) < 4.78 is 57.6. The van der Waals surface area contributed by atoms with Crippen LogP contribution in [0.3, 0.4) is 0 Å². The van der Waals surface area contributed by atoms with Gasteiger partial charge in [0, 0.05) is 57.5 Å². The number of Topliss-reactive ketones (excluding diaryl/α,β-unsaturated/α-hetero) is 2. The summed E-state index contributed by atoms with van der Waals surface area (Å²) in [6.07, 6.45) is -6.44. The summed E-state index contributed by atoms with van der Waals surface area (Å²) in [6.45, 7) is 4.29. The lowest BCUT2D eigenvalue weighted by molar-refractivity contribution is -0.242. The zero-order chi connectivity index (χ0) is 69.5. The lowest BCUT2D eigenvalue weighted by Gasteiger charge is -2.35. The van der Waals surface area contributed by atoms with Crippen LogP contribution in [-0.4, -0.2) is 207 Å². The summed E-state index contributed by atoms with van der Waals surface area (Å²) >= 11 is 0. The first-order valence-corrected chi connectivity index (χ1v) is 31.8. The van der Waals surface area contributed by atoms with E-state index in [1.165, 1.54) is 78.6 Å². The average molecular weight is 1350 g/mol. The van der Waals surface area contributed by atoms with E-state index in [0.717, 1.165) is 20.9 Å². The van der Waals surface area contributed by atoms with Crippen molar-refractivity contribution < 1.29 is 117 Å². The number of anilines is 2. The standard InChI is InChI=1S/C69H80N4O24/c1-7-8-13-49(74)43-25-39(15-17-53(43)96-66-60(80)58(78)51(76)34-92-66)32-94-68(86)72-45-28-55(38(4)24-41(45)62(82)70-30-36(2)22-47(70)64(72)84)90-20-10-9-11-21-91-57-29-46-42(27-56(57)89-6)63(83)71-31-37(3)23-48(71)65(85)73(46)69(87)95-33-40-16-18-54(44(26-40)50(75)14-12-19-88-5)97-67-61(81)59(79)52(77)35-93-67/h1,15-18,24-31,47-48,51-52,58-61,64-67,76-81,84-85H,8-14,19-23,32-35H2,2-6H3/t47-,48-,51+,52+,58-,59-,60+,61+,64?,65?,66-,67-/m0/s1. The second-order valence-electron chi connectivity index (χ2n) is 24.6. The predicted molar refractivity (Wildman–Crippen MR) is 341 cm³/mol. The van der Waals surface area contributed by atoms with Crippen molar-refractivity contribution in [3.63, 3.8) is 0 Å². The third kappa shape index (κ3) is 15.5. The van der Waals surface area contributed by atoms with Gasteiger partial charge in [0.15, 0.2) is 35.5 Å². The van der Waals surface area contributed by atoms with E-state index in [-0.39, 0.29) is 128 Å². The van der Waals surface area contributed by atoms with Crippen LogP contribution in [0.15, 0.2) is 84.2 Å². The molecule has 0 radical (unpaired) electrons. The molecule has 4 amide bonds. The third-order valence-electron chi connectivity index (χ3n) is 17.5. The van der Waals surface area contributed by atoms with E-state index in [9.17, 15) is 69.6 Å². The van der Waals surface area contributed by atoms with Gasteiger partial charge in [0.1, 0.15) is 67.1 Å². The molecule has 520 valence electrons. The molecule has 2 unspecified atom stereocenters. The molecule has 0 bridgehead atoms. The topological polar surface area (TPSA) is 370 Å². The summed E-state index contributed by atoms with van der Waals surface area (Å²) in [5.41, 5.74) is 2.83. The fourth-order valence-electron chi connectivity index (χ4n) is 12.3. The molecule has 0 spiro atoms.